The normalized spacial score (nSPS) is 16.2. The molecule has 1 aliphatic rings. The summed E-state index contributed by atoms with van der Waals surface area (Å²) in [6.07, 6.45) is -5.12. The molecule has 154 valence electrons. The molecule has 0 radical (unpaired) electrons. The molecule has 3 N–H and O–H groups in total. The number of hydrazine groups is 1. The molecule has 4 amide bonds. The summed E-state index contributed by atoms with van der Waals surface area (Å²) in [7, 11) is -3.10. The number of urea groups is 1. The third kappa shape index (κ3) is 6.11. The largest absolute Gasteiger partial charge is 0.472 e. The van der Waals surface area contributed by atoms with Crippen molar-refractivity contribution in [3.63, 3.8) is 0 Å². The van der Waals surface area contributed by atoms with Crippen molar-refractivity contribution < 1.29 is 36.0 Å². The number of nitrogens with zero attached hydrogens (tertiary/aromatic N) is 1. The number of hydrogen-bond acceptors (Lipinski definition) is 5. The molecule has 0 unspecified atom stereocenters. The summed E-state index contributed by atoms with van der Waals surface area (Å²) in [6, 6.07) is 5.14. The van der Waals surface area contributed by atoms with Gasteiger partial charge in [-0.2, -0.15) is 13.2 Å². The summed E-state index contributed by atoms with van der Waals surface area (Å²) in [6.45, 7) is 0.322. The topological polar surface area (TPSA) is 125 Å². The van der Waals surface area contributed by atoms with E-state index in [2.05, 4.69) is 5.32 Å². The molecule has 28 heavy (non-hydrogen) atoms. The van der Waals surface area contributed by atoms with E-state index in [1.807, 2.05) is 0 Å². The molecule has 0 spiro atoms. The number of carbonyl (C=O) groups is 3. The lowest BCUT2D eigenvalue weighted by Crippen LogP contribution is -2.48. The van der Waals surface area contributed by atoms with E-state index in [0.29, 0.717) is 5.56 Å². The van der Waals surface area contributed by atoms with Gasteiger partial charge in [-0.25, -0.2) is 13.2 Å². The Morgan fingerprint density at radius 3 is 2.11 bits per heavy atom. The number of alkyl halides is 3. The molecular formula is C15H17F3N4O5S. The van der Waals surface area contributed by atoms with Crippen LogP contribution in [0, 0.1) is 0 Å². The van der Waals surface area contributed by atoms with Crippen LogP contribution in [0.1, 0.15) is 15.9 Å². The van der Waals surface area contributed by atoms with Crippen LogP contribution in [0.5, 0.6) is 0 Å². The van der Waals surface area contributed by atoms with Crippen molar-refractivity contribution >= 4 is 27.7 Å². The first-order valence-electron chi connectivity index (χ1n) is 7.97. The molecule has 1 fully saturated rings. The van der Waals surface area contributed by atoms with Gasteiger partial charge in [0.25, 0.3) is 5.91 Å². The molecule has 1 heterocycles. The van der Waals surface area contributed by atoms with Crippen molar-refractivity contribution in [2.75, 3.05) is 24.6 Å². The fraction of sp³-hybridized carbons (Fsp3) is 0.400. The molecule has 0 aromatic heterocycles. The van der Waals surface area contributed by atoms with Crippen LogP contribution < -0.4 is 16.2 Å². The van der Waals surface area contributed by atoms with Crippen molar-refractivity contribution in [2.45, 2.75) is 12.7 Å². The fourth-order valence-corrected chi connectivity index (χ4v) is 3.44. The molecule has 13 heteroatoms. The second kappa shape index (κ2) is 8.46. The predicted molar refractivity (Wildman–Crippen MR) is 90.6 cm³/mol. The van der Waals surface area contributed by atoms with E-state index in [1.54, 1.807) is 5.43 Å². The molecule has 1 saturated heterocycles. The van der Waals surface area contributed by atoms with E-state index in [-0.39, 0.29) is 36.7 Å². The minimum absolute atomic E-state index is 0.00112. The molecule has 0 aliphatic carbocycles. The van der Waals surface area contributed by atoms with Crippen LogP contribution in [0.3, 0.4) is 0 Å². The van der Waals surface area contributed by atoms with E-state index in [1.165, 1.54) is 34.6 Å². The Kier molecular flexibility index (Phi) is 6.48. The van der Waals surface area contributed by atoms with Crippen molar-refractivity contribution in [2.24, 2.45) is 0 Å². The lowest BCUT2D eigenvalue weighted by atomic mass is 10.1. The first-order valence-corrected chi connectivity index (χ1v) is 9.80. The van der Waals surface area contributed by atoms with Gasteiger partial charge in [0.15, 0.2) is 9.84 Å². The molecule has 1 aromatic carbocycles. The second-order valence-corrected chi connectivity index (χ2v) is 8.20. The number of sulfone groups is 1. The summed E-state index contributed by atoms with van der Waals surface area (Å²) in [5.41, 5.74) is 3.49. The number of carbonyl (C=O) groups excluding carboxylic acids is 3. The first-order chi connectivity index (χ1) is 13.0. The van der Waals surface area contributed by atoms with Gasteiger partial charge in [-0.1, -0.05) is 12.1 Å². The Morgan fingerprint density at radius 2 is 1.57 bits per heavy atom. The fourth-order valence-electron chi connectivity index (χ4n) is 2.24. The summed E-state index contributed by atoms with van der Waals surface area (Å²) < 4.78 is 58.8. The second-order valence-electron chi connectivity index (χ2n) is 5.90. The summed E-state index contributed by atoms with van der Waals surface area (Å²) >= 11 is 0. The van der Waals surface area contributed by atoms with Gasteiger partial charge in [-0.3, -0.25) is 20.4 Å². The van der Waals surface area contributed by atoms with Gasteiger partial charge in [-0.15, -0.1) is 0 Å². The molecular weight excluding hydrogens is 405 g/mol. The average Bonchev–Trinajstić information content (AvgIpc) is 2.63. The molecule has 1 aromatic rings. The Bertz CT molecular complexity index is 841. The first kappa shape index (κ1) is 21.5. The maximum atomic E-state index is 12.0. The van der Waals surface area contributed by atoms with Gasteiger partial charge in [0, 0.05) is 25.2 Å². The van der Waals surface area contributed by atoms with Crippen LogP contribution in [0.4, 0.5) is 18.0 Å². The lowest BCUT2D eigenvalue weighted by Gasteiger charge is -2.26. The Hall–Kier alpha value is -2.83. The van der Waals surface area contributed by atoms with E-state index in [0.717, 1.165) is 0 Å². The Balaban J connectivity index is 1.81. The predicted octanol–water partition coefficient (Wildman–Crippen LogP) is -0.0501. The van der Waals surface area contributed by atoms with E-state index >= 15 is 0 Å². The highest BCUT2D eigenvalue weighted by atomic mass is 32.2. The molecule has 9 nitrogen and oxygen atoms in total. The van der Waals surface area contributed by atoms with Gasteiger partial charge in [0.05, 0.1) is 11.5 Å². The quantitative estimate of drug-likeness (QED) is 0.589. The number of halogens is 3. The molecule has 1 aliphatic heterocycles. The standard InChI is InChI=1S/C15H17F3N4O5S/c16-15(17,18)13(24)21-20-12(23)11-3-1-10(2-4-11)9-19-14(25)22-5-7-28(26,27)8-6-22/h1-4H,5-9H2,(H,19,25)(H,20,23)(H,21,24). The summed E-state index contributed by atoms with van der Waals surface area (Å²) in [5, 5.41) is 2.61. The third-order valence-corrected chi connectivity index (χ3v) is 5.45. The zero-order valence-electron chi connectivity index (χ0n) is 14.4. The van der Waals surface area contributed by atoms with Crippen LogP contribution in [0.15, 0.2) is 24.3 Å². The van der Waals surface area contributed by atoms with Crippen LogP contribution in [0.25, 0.3) is 0 Å². The minimum Gasteiger partial charge on any atom is -0.334 e. The van der Waals surface area contributed by atoms with Gasteiger partial charge < -0.3 is 10.2 Å². The highest BCUT2D eigenvalue weighted by Gasteiger charge is 2.39. The smallest absolute Gasteiger partial charge is 0.334 e. The summed E-state index contributed by atoms with van der Waals surface area (Å²) in [4.78, 5) is 35.7. The third-order valence-electron chi connectivity index (χ3n) is 3.84. The molecule has 0 saturated carbocycles. The molecule has 0 bridgehead atoms. The van der Waals surface area contributed by atoms with Crippen LogP contribution in [-0.4, -0.2) is 61.9 Å². The van der Waals surface area contributed by atoms with Gasteiger partial charge in [-0.05, 0) is 17.7 Å². The molecule has 2 rings (SSSR count). The van der Waals surface area contributed by atoms with Gasteiger partial charge in [0.1, 0.15) is 0 Å². The minimum atomic E-state index is -5.12. The lowest BCUT2D eigenvalue weighted by molar-refractivity contribution is -0.174. The number of benzene rings is 1. The van der Waals surface area contributed by atoms with Crippen molar-refractivity contribution in [3.8, 4) is 0 Å². The van der Waals surface area contributed by atoms with Crippen LogP contribution in [-0.2, 0) is 21.2 Å². The maximum absolute atomic E-state index is 12.0. The van der Waals surface area contributed by atoms with Crippen LogP contribution >= 0.6 is 0 Å². The number of amides is 4. The highest BCUT2D eigenvalue weighted by Crippen LogP contribution is 2.13. The zero-order valence-corrected chi connectivity index (χ0v) is 15.2. The number of rotatable bonds is 3. The highest BCUT2D eigenvalue weighted by molar-refractivity contribution is 7.91. The van der Waals surface area contributed by atoms with E-state index in [4.69, 9.17) is 0 Å². The SMILES string of the molecule is O=C(NNC(=O)C(F)(F)F)c1ccc(CNC(=O)N2CCS(=O)(=O)CC2)cc1. The van der Waals surface area contributed by atoms with E-state index in [9.17, 15) is 36.0 Å². The maximum Gasteiger partial charge on any atom is 0.472 e. The number of nitrogens with one attached hydrogen (secondary N) is 3. The van der Waals surface area contributed by atoms with Crippen molar-refractivity contribution in [1.82, 2.24) is 21.1 Å². The van der Waals surface area contributed by atoms with E-state index < -0.39 is 33.9 Å². The van der Waals surface area contributed by atoms with Gasteiger partial charge in [0.2, 0.25) is 0 Å². The Morgan fingerprint density at radius 1 is 1.00 bits per heavy atom. The Labute approximate surface area is 158 Å². The monoisotopic (exact) mass is 422 g/mol. The van der Waals surface area contributed by atoms with Crippen molar-refractivity contribution in [3.05, 3.63) is 35.4 Å². The molecule has 0 atom stereocenters. The number of hydrogen-bond donors (Lipinski definition) is 3. The van der Waals surface area contributed by atoms with Gasteiger partial charge >= 0.3 is 18.1 Å². The van der Waals surface area contributed by atoms with Crippen LogP contribution in [0.2, 0.25) is 0 Å². The average molecular weight is 422 g/mol. The van der Waals surface area contributed by atoms with Crippen molar-refractivity contribution in [1.29, 1.82) is 0 Å². The summed E-state index contributed by atoms with van der Waals surface area (Å²) in [5.74, 6) is -3.42. The zero-order chi connectivity index (χ0) is 20.9.